The lowest BCUT2D eigenvalue weighted by molar-refractivity contribution is 0.141. The zero-order chi connectivity index (χ0) is 12.6. The molecular weight excluding hydrogens is 220 g/mol. The third kappa shape index (κ3) is 2.91. The van der Waals surface area contributed by atoms with Gasteiger partial charge in [-0.05, 0) is 50.4 Å². The van der Waals surface area contributed by atoms with Gasteiger partial charge in [0.25, 0.3) is 0 Å². The van der Waals surface area contributed by atoms with E-state index in [0.717, 1.165) is 18.0 Å². The van der Waals surface area contributed by atoms with Crippen LogP contribution in [0.15, 0.2) is 0 Å². The molecule has 2 heteroatoms. The predicted octanol–water partition coefficient (Wildman–Crippen LogP) is 3.03. The number of hydrogen-bond acceptors (Lipinski definition) is 2. The number of nitrogens with one attached hydrogen (secondary N) is 1. The van der Waals surface area contributed by atoms with E-state index in [2.05, 4.69) is 24.1 Å². The summed E-state index contributed by atoms with van der Waals surface area (Å²) >= 11 is 0. The lowest BCUT2D eigenvalue weighted by Crippen LogP contribution is -2.44. The molecule has 1 heterocycles. The lowest BCUT2D eigenvalue weighted by Gasteiger charge is -2.36. The third-order valence-corrected chi connectivity index (χ3v) is 5.46. The molecule has 1 aliphatic heterocycles. The third-order valence-electron chi connectivity index (χ3n) is 5.46. The Morgan fingerprint density at radius 1 is 1.17 bits per heavy atom. The van der Waals surface area contributed by atoms with E-state index in [0.29, 0.717) is 5.41 Å². The standard InChI is InChI=1S/C16H30N2/c1-13-9-14(2)18(10-13)12-16(7-3-4-8-16)11-17-15-5-6-15/h13-15,17H,3-12H2,1-2H3. The Hall–Kier alpha value is -0.0800. The highest BCUT2D eigenvalue weighted by atomic mass is 15.2. The molecule has 0 aromatic rings. The summed E-state index contributed by atoms with van der Waals surface area (Å²) in [7, 11) is 0. The summed E-state index contributed by atoms with van der Waals surface area (Å²) in [6.07, 6.45) is 10.1. The van der Waals surface area contributed by atoms with Gasteiger partial charge in [0.1, 0.15) is 0 Å². The molecule has 0 bridgehead atoms. The molecule has 104 valence electrons. The number of hydrogen-bond donors (Lipinski definition) is 1. The van der Waals surface area contributed by atoms with Gasteiger partial charge in [0, 0.05) is 31.7 Å². The second-order valence-electron chi connectivity index (χ2n) is 7.48. The van der Waals surface area contributed by atoms with Gasteiger partial charge in [-0.25, -0.2) is 0 Å². The Kier molecular flexibility index (Phi) is 3.68. The van der Waals surface area contributed by atoms with Gasteiger partial charge in [0.05, 0.1) is 0 Å². The van der Waals surface area contributed by atoms with Crippen molar-refractivity contribution in [2.24, 2.45) is 11.3 Å². The van der Waals surface area contributed by atoms with Gasteiger partial charge in [-0.2, -0.15) is 0 Å². The summed E-state index contributed by atoms with van der Waals surface area (Å²) in [6, 6.07) is 1.69. The second-order valence-corrected chi connectivity index (χ2v) is 7.48. The van der Waals surface area contributed by atoms with Crippen molar-refractivity contribution in [3.8, 4) is 0 Å². The van der Waals surface area contributed by atoms with Gasteiger partial charge >= 0.3 is 0 Å². The molecule has 3 rings (SSSR count). The van der Waals surface area contributed by atoms with Crippen LogP contribution in [0, 0.1) is 11.3 Å². The molecule has 3 aliphatic rings. The van der Waals surface area contributed by atoms with Crippen LogP contribution in [0.3, 0.4) is 0 Å². The van der Waals surface area contributed by atoms with Crippen LogP contribution in [-0.4, -0.2) is 36.6 Å². The monoisotopic (exact) mass is 250 g/mol. The zero-order valence-electron chi connectivity index (χ0n) is 12.3. The maximum absolute atomic E-state index is 3.81. The van der Waals surface area contributed by atoms with E-state index >= 15 is 0 Å². The minimum absolute atomic E-state index is 0.612. The summed E-state index contributed by atoms with van der Waals surface area (Å²) in [5, 5.41) is 3.81. The van der Waals surface area contributed by atoms with Crippen LogP contribution in [0.4, 0.5) is 0 Å². The molecule has 2 unspecified atom stereocenters. The fraction of sp³-hybridized carbons (Fsp3) is 1.00. The number of nitrogens with zero attached hydrogens (tertiary/aromatic N) is 1. The van der Waals surface area contributed by atoms with Crippen molar-refractivity contribution in [3.05, 3.63) is 0 Å². The largest absolute Gasteiger partial charge is 0.313 e. The normalized spacial score (nSPS) is 36.3. The lowest BCUT2D eigenvalue weighted by atomic mass is 9.85. The molecule has 2 saturated carbocycles. The molecule has 2 nitrogen and oxygen atoms in total. The maximum Gasteiger partial charge on any atom is 0.00702 e. The van der Waals surface area contributed by atoms with Crippen LogP contribution in [0.1, 0.15) is 58.8 Å². The van der Waals surface area contributed by atoms with E-state index in [1.54, 1.807) is 0 Å². The molecule has 0 radical (unpaired) electrons. The van der Waals surface area contributed by atoms with Crippen LogP contribution in [0.2, 0.25) is 0 Å². The highest BCUT2D eigenvalue weighted by molar-refractivity contribution is 4.94. The predicted molar refractivity (Wildman–Crippen MR) is 76.7 cm³/mol. The quantitative estimate of drug-likeness (QED) is 0.807. The van der Waals surface area contributed by atoms with Gasteiger partial charge in [-0.3, -0.25) is 4.90 Å². The highest BCUT2D eigenvalue weighted by Gasteiger charge is 2.39. The van der Waals surface area contributed by atoms with Crippen LogP contribution in [-0.2, 0) is 0 Å². The molecule has 0 amide bonds. The molecule has 18 heavy (non-hydrogen) atoms. The van der Waals surface area contributed by atoms with Crippen LogP contribution in [0.25, 0.3) is 0 Å². The summed E-state index contributed by atoms with van der Waals surface area (Å²) in [5.41, 5.74) is 0.612. The van der Waals surface area contributed by atoms with Crippen molar-refractivity contribution < 1.29 is 0 Å². The molecule has 2 atom stereocenters. The minimum atomic E-state index is 0.612. The van der Waals surface area contributed by atoms with E-state index in [-0.39, 0.29) is 0 Å². The molecule has 1 N–H and O–H groups in total. The molecule has 2 aliphatic carbocycles. The maximum atomic E-state index is 3.81. The average molecular weight is 250 g/mol. The average Bonchev–Trinajstić information content (AvgIpc) is 2.97. The Labute approximate surface area is 113 Å². The highest BCUT2D eigenvalue weighted by Crippen LogP contribution is 2.40. The number of rotatable bonds is 5. The molecule has 1 saturated heterocycles. The van der Waals surface area contributed by atoms with Crippen molar-refractivity contribution in [1.82, 2.24) is 10.2 Å². The smallest absolute Gasteiger partial charge is 0.00702 e. The van der Waals surface area contributed by atoms with Crippen LogP contribution < -0.4 is 5.32 Å². The fourth-order valence-corrected chi connectivity index (χ4v) is 4.20. The van der Waals surface area contributed by atoms with Crippen LogP contribution in [0.5, 0.6) is 0 Å². The van der Waals surface area contributed by atoms with Crippen molar-refractivity contribution in [3.63, 3.8) is 0 Å². The Morgan fingerprint density at radius 3 is 2.44 bits per heavy atom. The van der Waals surface area contributed by atoms with Crippen molar-refractivity contribution >= 4 is 0 Å². The van der Waals surface area contributed by atoms with E-state index in [4.69, 9.17) is 0 Å². The van der Waals surface area contributed by atoms with Gasteiger partial charge in [-0.15, -0.1) is 0 Å². The first-order chi connectivity index (χ1) is 8.67. The molecular formula is C16H30N2. The summed E-state index contributed by atoms with van der Waals surface area (Å²) in [6.45, 7) is 8.83. The molecule has 3 fully saturated rings. The Bertz CT molecular complexity index is 279. The van der Waals surface area contributed by atoms with E-state index in [9.17, 15) is 0 Å². The SMILES string of the molecule is CC1CC(C)N(CC2(CNC3CC3)CCCC2)C1. The van der Waals surface area contributed by atoms with Crippen LogP contribution >= 0.6 is 0 Å². The Morgan fingerprint density at radius 2 is 1.89 bits per heavy atom. The van der Waals surface area contributed by atoms with Crippen molar-refractivity contribution in [2.45, 2.75) is 70.9 Å². The zero-order valence-corrected chi connectivity index (χ0v) is 12.3. The van der Waals surface area contributed by atoms with Crippen molar-refractivity contribution in [2.75, 3.05) is 19.6 Å². The van der Waals surface area contributed by atoms with E-state index in [1.807, 2.05) is 0 Å². The van der Waals surface area contributed by atoms with Gasteiger partial charge in [-0.1, -0.05) is 19.8 Å². The summed E-state index contributed by atoms with van der Waals surface area (Å²) in [4.78, 5) is 2.78. The first-order valence-corrected chi connectivity index (χ1v) is 8.14. The van der Waals surface area contributed by atoms with E-state index < -0.39 is 0 Å². The topological polar surface area (TPSA) is 15.3 Å². The second kappa shape index (κ2) is 5.13. The Balaban J connectivity index is 1.58. The van der Waals surface area contributed by atoms with E-state index in [1.165, 1.54) is 64.6 Å². The number of likely N-dealkylation sites (tertiary alicyclic amines) is 1. The minimum Gasteiger partial charge on any atom is -0.313 e. The fourth-order valence-electron chi connectivity index (χ4n) is 4.20. The van der Waals surface area contributed by atoms with Crippen molar-refractivity contribution in [1.29, 1.82) is 0 Å². The first-order valence-electron chi connectivity index (χ1n) is 8.14. The van der Waals surface area contributed by atoms with Gasteiger partial charge in [0.2, 0.25) is 0 Å². The molecule has 0 aromatic heterocycles. The molecule has 0 spiro atoms. The first kappa shape index (κ1) is 12.9. The summed E-state index contributed by atoms with van der Waals surface area (Å²) in [5.74, 6) is 0.912. The van der Waals surface area contributed by atoms with Gasteiger partial charge in [0.15, 0.2) is 0 Å². The summed E-state index contributed by atoms with van der Waals surface area (Å²) < 4.78 is 0. The molecule has 0 aromatic carbocycles. The van der Waals surface area contributed by atoms with Gasteiger partial charge < -0.3 is 5.32 Å².